The fourth-order valence-corrected chi connectivity index (χ4v) is 1.42. The number of hydrogen-bond donors (Lipinski definition) is 1. The van der Waals surface area contributed by atoms with Crippen molar-refractivity contribution in [2.24, 2.45) is 0 Å². The standard InChI is InChI=1S/C6H4BrClF2N2/c7-3-1-2(6(9)10)4(11)5(8)12-3/h1,6H,11H2. The van der Waals surface area contributed by atoms with E-state index < -0.39 is 6.43 Å². The highest BCUT2D eigenvalue weighted by molar-refractivity contribution is 9.10. The summed E-state index contributed by atoms with van der Waals surface area (Å²) in [5, 5.41) is -0.111. The number of halogens is 4. The summed E-state index contributed by atoms with van der Waals surface area (Å²) in [5.41, 5.74) is 4.78. The van der Waals surface area contributed by atoms with E-state index in [0.717, 1.165) is 6.07 Å². The summed E-state index contributed by atoms with van der Waals surface area (Å²) < 4.78 is 24.6. The first kappa shape index (κ1) is 9.67. The number of hydrogen-bond acceptors (Lipinski definition) is 2. The molecule has 1 rings (SSSR count). The minimum atomic E-state index is -2.64. The second kappa shape index (κ2) is 3.53. The highest BCUT2D eigenvalue weighted by atomic mass is 79.9. The van der Waals surface area contributed by atoms with Gasteiger partial charge in [0.1, 0.15) is 4.60 Å². The lowest BCUT2D eigenvalue weighted by Gasteiger charge is -2.05. The average Bonchev–Trinajstić information content (AvgIpc) is 1.96. The molecule has 6 heteroatoms. The van der Waals surface area contributed by atoms with E-state index in [0.29, 0.717) is 0 Å². The van der Waals surface area contributed by atoms with Gasteiger partial charge in [-0.3, -0.25) is 0 Å². The molecule has 0 aromatic carbocycles. The molecule has 0 unspecified atom stereocenters. The number of nitrogens with zero attached hydrogens (tertiary/aromatic N) is 1. The predicted molar refractivity (Wildman–Crippen MR) is 46.3 cm³/mol. The summed E-state index contributed by atoms with van der Waals surface area (Å²) in [6.07, 6.45) is -2.64. The summed E-state index contributed by atoms with van der Waals surface area (Å²) in [7, 11) is 0. The smallest absolute Gasteiger partial charge is 0.266 e. The number of anilines is 1. The van der Waals surface area contributed by atoms with Crippen molar-refractivity contribution in [2.75, 3.05) is 5.73 Å². The maximum absolute atomic E-state index is 12.2. The van der Waals surface area contributed by atoms with Crippen molar-refractivity contribution >= 4 is 33.2 Å². The fourth-order valence-electron chi connectivity index (χ4n) is 0.692. The predicted octanol–water partition coefficient (Wildman–Crippen LogP) is 3.02. The Balaban J connectivity index is 3.28. The molecule has 0 saturated carbocycles. The van der Waals surface area contributed by atoms with Crippen LogP contribution in [0.15, 0.2) is 10.7 Å². The van der Waals surface area contributed by atoms with Crippen LogP contribution < -0.4 is 5.73 Å². The Bertz CT molecular complexity index is 306. The van der Waals surface area contributed by atoms with Crippen LogP contribution in [0.2, 0.25) is 5.15 Å². The van der Waals surface area contributed by atoms with E-state index in [4.69, 9.17) is 17.3 Å². The maximum atomic E-state index is 12.2. The Labute approximate surface area is 80.9 Å². The molecule has 0 radical (unpaired) electrons. The Morgan fingerprint density at radius 3 is 2.67 bits per heavy atom. The maximum Gasteiger partial charge on any atom is 0.266 e. The topological polar surface area (TPSA) is 38.9 Å². The number of nitrogens with two attached hydrogens (primary N) is 1. The van der Waals surface area contributed by atoms with Gasteiger partial charge in [0.15, 0.2) is 5.15 Å². The van der Waals surface area contributed by atoms with Gasteiger partial charge in [-0.15, -0.1) is 0 Å². The van der Waals surface area contributed by atoms with Gasteiger partial charge in [0.25, 0.3) is 6.43 Å². The zero-order valence-electron chi connectivity index (χ0n) is 5.69. The van der Waals surface area contributed by atoms with Crippen LogP contribution >= 0.6 is 27.5 Å². The van der Waals surface area contributed by atoms with Crippen molar-refractivity contribution in [3.05, 3.63) is 21.4 Å². The minimum Gasteiger partial charge on any atom is -0.396 e. The largest absolute Gasteiger partial charge is 0.396 e. The number of aromatic nitrogens is 1. The number of rotatable bonds is 1. The van der Waals surface area contributed by atoms with Gasteiger partial charge in [-0.05, 0) is 22.0 Å². The minimum absolute atomic E-state index is 0.111. The lowest BCUT2D eigenvalue weighted by atomic mass is 10.2. The third-order valence-electron chi connectivity index (χ3n) is 1.25. The van der Waals surface area contributed by atoms with Crippen LogP contribution in [0.25, 0.3) is 0 Å². The molecule has 0 bridgehead atoms. The molecule has 0 aliphatic carbocycles. The summed E-state index contributed by atoms with van der Waals surface area (Å²) in [6.45, 7) is 0. The zero-order valence-corrected chi connectivity index (χ0v) is 8.03. The highest BCUT2D eigenvalue weighted by Gasteiger charge is 2.15. The van der Waals surface area contributed by atoms with Crippen molar-refractivity contribution in [1.82, 2.24) is 4.98 Å². The molecular weight excluding hydrogens is 253 g/mol. The van der Waals surface area contributed by atoms with E-state index in [1.54, 1.807) is 0 Å². The molecular formula is C6H4BrClF2N2. The van der Waals surface area contributed by atoms with Crippen molar-refractivity contribution in [3.8, 4) is 0 Å². The van der Waals surface area contributed by atoms with Crippen molar-refractivity contribution in [3.63, 3.8) is 0 Å². The van der Waals surface area contributed by atoms with E-state index in [9.17, 15) is 8.78 Å². The second-order valence-electron chi connectivity index (χ2n) is 2.04. The molecule has 0 saturated heterocycles. The third kappa shape index (κ3) is 1.84. The molecule has 1 heterocycles. The van der Waals surface area contributed by atoms with Gasteiger partial charge in [-0.25, -0.2) is 13.8 Å². The molecule has 1 aromatic rings. The van der Waals surface area contributed by atoms with Crippen molar-refractivity contribution in [2.45, 2.75) is 6.43 Å². The van der Waals surface area contributed by atoms with Gasteiger partial charge < -0.3 is 5.73 Å². The monoisotopic (exact) mass is 256 g/mol. The molecule has 12 heavy (non-hydrogen) atoms. The van der Waals surface area contributed by atoms with Crippen LogP contribution in [0, 0.1) is 0 Å². The van der Waals surface area contributed by atoms with Gasteiger partial charge in [-0.1, -0.05) is 11.6 Å². The molecule has 0 aliphatic rings. The van der Waals surface area contributed by atoms with E-state index in [2.05, 4.69) is 20.9 Å². The second-order valence-corrected chi connectivity index (χ2v) is 3.21. The first-order valence-corrected chi connectivity index (χ1v) is 4.09. The lowest BCUT2D eigenvalue weighted by Crippen LogP contribution is -1.97. The Morgan fingerprint density at radius 1 is 1.58 bits per heavy atom. The van der Waals surface area contributed by atoms with Crippen LogP contribution in [0.1, 0.15) is 12.0 Å². The third-order valence-corrected chi connectivity index (χ3v) is 1.94. The first-order valence-electron chi connectivity index (χ1n) is 2.92. The lowest BCUT2D eigenvalue weighted by molar-refractivity contribution is 0.152. The summed E-state index contributed by atoms with van der Waals surface area (Å²) in [5.74, 6) is 0. The van der Waals surface area contributed by atoms with Crippen LogP contribution in [-0.4, -0.2) is 4.98 Å². The van der Waals surface area contributed by atoms with Gasteiger partial charge in [0.05, 0.1) is 5.69 Å². The molecule has 66 valence electrons. The zero-order chi connectivity index (χ0) is 9.30. The van der Waals surface area contributed by atoms with E-state index >= 15 is 0 Å². The van der Waals surface area contributed by atoms with Crippen LogP contribution in [0.3, 0.4) is 0 Å². The molecule has 0 aliphatic heterocycles. The SMILES string of the molecule is Nc1c(C(F)F)cc(Br)nc1Cl. The normalized spacial score (nSPS) is 10.8. The van der Waals surface area contributed by atoms with E-state index in [1.165, 1.54) is 0 Å². The van der Waals surface area contributed by atoms with Crippen molar-refractivity contribution < 1.29 is 8.78 Å². The summed E-state index contributed by atoms with van der Waals surface area (Å²) in [4.78, 5) is 3.64. The molecule has 0 amide bonds. The number of nitrogen functional groups attached to an aromatic ring is 1. The van der Waals surface area contributed by atoms with E-state index in [1.807, 2.05) is 0 Å². The molecule has 0 atom stereocenters. The fraction of sp³-hybridized carbons (Fsp3) is 0.167. The Hall–Kier alpha value is -0.420. The molecule has 1 aromatic heterocycles. The Morgan fingerprint density at radius 2 is 2.17 bits per heavy atom. The summed E-state index contributed by atoms with van der Waals surface area (Å²) in [6, 6.07) is 1.14. The molecule has 0 fully saturated rings. The number of alkyl halides is 2. The van der Waals surface area contributed by atoms with Crippen LogP contribution in [0.5, 0.6) is 0 Å². The quantitative estimate of drug-likeness (QED) is 0.786. The van der Waals surface area contributed by atoms with E-state index in [-0.39, 0.29) is 21.0 Å². The molecule has 2 nitrogen and oxygen atoms in total. The van der Waals surface area contributed by atoms with Gasteiger partial charge in [0.2, 0.25) is 0 Å². The van der Waals surface area contributed by atoms with Gasteiger partial charge >= 0.3 is 0 Å². The Kier molecular flexibility index (Phi) is 2.85. The average molecular weight is 257 g/mol. The van der Waals surface area contributed by atoms with Crippen LogP contribution in [0.4, 0.5) is 14.5 Å². The van der Waals surface area contributed by atoms with Crippen molar-refractivity contribution in [1.29, 1.82) is 0 Å². The van der Waals surface area contributed by atoms with Gasteiger partial charge in [0, 0.05) is 5.56 Å². The molecule has 0 spiro atoms. The van der Waals surface area contributed by atoms with Crippen LogP contribution in [-0.2, 0) is 0 Å². The summed E-state index contributed by atoms with van der Waals surface area (Å²) >= 11 is 8.39. The highest BCUT2D eigenvalue weighted by Crippen LogP contribution is 2.31. The molecule has 2 N–H and O–H groups in total. The first-order chi connectivity index (χ1) is 5.52. The van der Waals surface area contributed by atoms with Gasteiger partial charge in [-0.2, -0.15) is 0 Å². The number of pyridine rings is 1.